The van der Waals surface area contributed by atoms with Gasteiger partial charge in [-0.1, -0.05) is 0 Å². The average Bonchev–Trinajstić information content (AvgIpc) is 2.30. The van der Waals surface area contributed by atoms with Gasteiger partial charge in [0, 0.05) is 19.3 Å². The molecule has 1 aromatic heterocycles. The smallest absolute Gasteiger partial charge is 0.133 e. The molecule has 0 aliphatic carbocycles. The second kappa shape index (κ2) is 2.01. The molecule has 2 heterocycles. The molecule has 0 unspecified atom stereocenters. The number of hydrogen-bond acceptors (Lipinski definition) is 3. The quantitative estimate of drug-likeness (QED) is 0.556. The van der Waals surface area contributed by atoms with Gasteiger partial charge >= 0.3 is 0 Å². The van der Waals surface area contributed by atoms with Crippen LogP contribution in [0.4, 0.5) is 0 Å². The Kier molecular flexibility index (Phi) is 1.16. The van der Waals surface area contributed by atoms with Crippen LogP contribution in [0.25, 0.3) is 0 Å². The summed E-state index contributed by atoms with van der Waals surface area (Å²) in [7, 11) is 0. The summed E-state index contributed by atoms with van der Waals surface area (Å²) in [5.41, 5.74) is 0. The highest BCUT2D eigenvalue weighted by atomic mass is 15.0. The lowest BCUT2D eigenvalue weighted by Crippen LogP contribution is -1.97. The van der Waals surface area contributed by atoms with E-state index < -0.39 is 0 Å². The van der Waals surface area contributed by atoms with Crippen molar-refractivity contribution in [2.24, 2.45) is 0 Å². The van der Waals surface area contributed by atoms with Crippen molar-refractivity contribution in [3.8, 4) is 0 Å². The van der Waals surface area contributed by atoms with Gasteiger partial charge in [-0.15, -0.1) is 0 Å². The number of hydrogen-bond donors (Lipinski definition) is 0. The second-order valence-corrected chi connectivity index (χ2v) is 2.33. The SMILES string of the molecule is [CH2]Cc1nc2nc(n1)CC2. The number of aryl methyl sites for hydroxylation is 2. The number of rotatable bonds is 1. The van der Waals surface area contributed by atoms with Gasteiger partial charge in [0.05, 0.1) is 0 Å². The standard InChI is InChI=1S/C7H8N3/c1-2-5-8-6-3-4-7(9-5)10-6/h1-4H2. The Balaban J connectivity index is 2.48. The predicted octanol–water partition coefficient (Wildman–Crippen LogP) is 0.347. The molecule has 0 aromatic carbocycles. The first-order valence-corrected chi connectivity index (χ1v) is 3.40. The fourth-order valence-electron chi connectivity index (χ4n) is 1.08. The fourth-order valence-corrected chi connectivity index (χ4v) is 1.08. The maximum atomic E-state index is 4.18. The minimum atomic E-state index is 0.669. The molecule has 1 aromatic rings. The van der Waals surface area contributed by atoms with E-state index in [1.54, 1.807) is 0 Å². The lowest BCUT2D eigenvalue weighted by Gasteiger charge is -1.92. The first-order chi connectivity index (χ1) is 4.88. The molecule has 0 spiro atoms. The van der Waals surface area contributed by atoms with E-state index in [1.807, 2.05) is 0 Å². The molecular weight excluding hydrogens is 126 g/mol. The van der Waals surface area contributed by atoms with Crippen molar-refractivity contribution in [3.63, 3.8) is 0 Å². The second-order valence-electron chi connectivity index (χ2n) is 2.33. The van der Waals surface area contributed by atoms with Crippen LogP contribution in [0.2, 0.25) is 0 Å². The van der Waals surface area contributed by atoms with Crippen LogP contribution in [0.1, 0.15) is 17.5 Å². The molecule has 0 atom stereocenters. The molecule has 3 nitrogen and oxygen atoms in total. The molecule has 0 N–H and O–H groups in total. The number of aromatic nitrogens is 3. The molecule has 1 radical (unpaired) electrons. The van der Waals surface area contributed by atoms with Crippen molar-refractivity contribution in [3.05, 3.63) is 24.4 Å². The zero-order valence-electron chi connectivity index (χ0n) is 5.67. The molecule has 0 saturated heterocycles. The Bertz CT molecular complexity index is 235. The summed E-state index contributed by atoms with van der Waals surface area (Å²) in [6.45, 7) is 3.71. The zero-order valence-corrected chi connectivity index (χ0v) is 5.67. The molecule has 2 bridgehead atoms. The van der Waals surface area contributed by atoms with E-state index in [0.717, 1.165) is 30.3 Å². The van der Waals surface area contributed by atoms with Crippen molar-refractivity contribution in [1.82, 2.24) is 15.0 Å². The highest BCUT2D eigenvalue weighted by Gasteiger charge is 2.12. The number of fused-ring (bicyclic) bond motifs is 2. The van der Waals surface area contributed by atoms with Crippen LogP contribution in [0.5, 0.6) is 0 Å². The molecule has 51 valence electrons. The summed E-state index contributed by atoms with van der Waals surface area (Å²) >= 11 is 0. The molecule has 0 amide bonds. The van der Waals surface area contributed by atoms with Crippen LogP contribution in [-0.4, -0.2) is 15.0 Å². The van der Waals surface area contributed by atoms with Gasteiger partial charge in [-0.3, -0.25) is 0 Å². The van der Waals surface area contributed by atoms with E-state index >= 15 is 0 Å². The largest absolute Gasteiger partial charge is 0.218 e. The molecule has 0 fully saturated rings. The molecular formula is C7H8N3. The Hall–Kier alpha value is -0.990. The number of nitrogens with zero attached hydrogens (tertiary/aromatic N) is 3. The topological polar surface area (TPSA) is 38.7 Å². The summed E-state index contributed by atoms with van der Waals surface area (Å²) in [5.74, 6) is 2.70. The van der Waals surface area contributed by atoms with Crippen molar-refractivity contribution >= 4 is 0 Å². The minimum Gasteiger partial charge on any atom is -0.218 e. The van der Waals surface area contributed by atoms with Crippen LogP contribution < -0.4 is 0 Å². The van der Waals surface area contributed by atoms with E-state index in [0.29, 0.717) is 6.42 Å². The maximum Gasteiger partial charge on any atom is 0.133 e. The lowest BCUT2D eigenvalue weighted by atomic mass is 10.3. The van der Waals surface area contributed by atoms with Crippen LogP contribution in [0.3, 0.4) is 0 Å². The molecule has 1 aliphatic rings. The van der Waals surface area contributed by atoms with Gasteiger partial charge < -0.3 is 0 Å². The van der Waals surface area contributed by atoms with Gasteiger partial charge in [-0.25, -0.2) is 15.0 Å². The molecule has 3 heteroatoms. The fraction of sp³-hybridized carbons (Fsp3) is 0.429. The van der Waals surface area contributed by atoms with E-state index in [9.17, 15) is 0 Å². The minimum absolute atomic E-state index is 0.669. The first kappa shape index (κ1) is 5.77. The first-order valence-electron chi connectivity index (χ1n) is 3.40. The van der Waals surface area contributed by atoms with Crippen LogP contribution in [0, 0.1) is 6.92 Å². The Morgan fingerprint density at radius 1 is 1.10 bits per heavy atom. The predicted molar refractivity (Wildman–Crippen MR) is 36.3 cm³/mol. The van der Waals surface area contributed by atoms with Gasteiger partial charge in [-0.05, 0) is 6.92 Å². The third-order valence-electron chi connectivity index (χ3n) is 1.57. The summed E-state index contributed by atoms with van der Waals surface area (Å²) in [4.78, 5) is 12.5. The monoisotopic (exact) mass is 134 g/mol. The Morgan fingerprint density at radius 2 is 1.70 bits per heavy atom. The van der Waals surface area contributed by atoms with Gasteiger partial charge in [-0.2, -0.15) is 0 Å². The molecule has 1 aliphatic heterocycles. The third-order valence-corrected chi connectivity index (χ3v) is 1.57. The van der Waals surface area contributed by atoms with Crippen molar-refractivity contribution in [2.75, 3.05) is 0 Å². The van der Waals surface area contributed by atoms with E-state index in [4.69, 9.17) is 0 Å². The molecule has 0 saturated carbocycles. The normalized spacial score (nSPS) is 14.1. The van der Waals surface area contributed by atoms with Crippen LogP contribution in [-0.2, 0) is 19.3 Å². The van der Waals surface area contributed by atoms with E-state index in [-0.39, 0.29) is 0 Å². The lowest BCUT2D eigenvalue weighted by molar-refractivity contribution is 0.895. The van der Waals surface area contributed by atoms with E-state index in [1.165, 1.54) is 0 Å². The average molecular weight is 134 g/mol. The summed E-state index contributed by atoms with van der Waals surface area (Å²) in [6.07, 6.45) is 2.59. The highest BCUT2D eigenvalue weighted by molar-refractivity contribution is 5.05. The highest BCUT2D eigenvalue weighted by Crippen LogP contribution is 2.07. The molecule has 2 rings (SSSR count). The zero-order chi connectivity index (χ0) is 6.97. The molecule has 10 heavy (non-hydrogen) atoms. The van der Waals surface area contributed by atoms with Crippen molar-refractivity contribution in [1.29, 1.82) is 0 Å². The van der Waals surface area contributed by atoms with Crippen molar-refractivity contribution in [2.45, 2.75) is 19.3 Å². The van der Waals surface area contributed by atoms with Crippen molar-refractivity contribution < 1.29 is 0 Å². The van der Waals surface area contributed by atoms with Gasteiger partial charge in [0.1, 0.15) is 17.5 Å². The third kappa shape index (κ3) is 0.781. The summed E-state index contributed by atoms with van der Waals surface area (Å²) in [6, 6.07) is 0. The Labute approximate surface area is 59.5 Å². The van der Waals surface area contributed by atoms with Gasteiger partial charge in [0.15, 0.2) is 0 Å². The van der Waals surface area contributed by atoms with Gasteiger partial charge in [0.25, 0.3) is 0 Å². The van der Waals surface area contributed by atoms with Gasteiger partial charge in [0.2, 0.25) is 0 Å². The van der Waals surface area contributed by atoms with Crippen LogP contribution >= 0.6 is 0 Å². The summed E-state index contributed by atoms with van der Waals surface area (Å²) in [5, 5.41) is 0. The Morgan fingerprint density at radius 3 is 2.20 bits per heavy atom. The van der Waals surface area contributed by atoms with E-state index in [2.05, 4.69) is 21.9 Å². The van der Waals surface area contributed by atoms with Crippen LogP contribution in [0.15, 0.2) is 0 Å². The summed E-state index contributed by atoms with van der Waals surface area (Å²) < 4.78 is 0. The maximum absolute atomic E-state index is 4.18.